The summed E-state index contributed by atoms with van der Waals surface area (Å²) in [6.45, 7) is 2.02. The molecule has 0 saturated carbocycles. The number of hydrogen-bond donors (Lipinski definition) is 0. The van der Waals surface area contributed by atoms with Gasteiger partial charge in [-0.05, 0) is 56.1 Å². The second kappa shape index (κ2) is 20.7. The number of alkyl halides is 6. The fourth-order valence-corrected chi connectivity index (χ4v) is 10.4. The minimum absolute atomic E-state index is 0.0342. The molecule has 360 valence electrons. The van der Waals surface area contributed by atoms with Crippen LogP contribution in [0.2, 0.25) is 10.0 Å². The summed E-state index contributed by atoms with van der Waals surface area (Å²) in [6, 6.07) is 25.5. The maximum Gasteiger partial charge on any atom is 0.436 e. The van der Waals surface area contributed by atoms with E-state index >= 15 is 4.79 Å². The maximum absolute atomic E-state index is 15.9. The normalized spacial score (nSPS) is 16.2. The van der Waals surface area contributed by atoms with Gasteiger partial charge in [0.15, 0.2) is 17.2 Å². The lowest BCUT2D eigenvalue weighted by molar-refractivity contribution is -0.142. The largest absolute Gasteiger partial charge is 0.495 e. The molecule has 11 nitrogen and oxygen atoms in total. The molecule has 6 aromatic rings. The minimum Gasteiger partial charge on any atom is -0.495 e. The molecule has 0 spiro atoms. The predicted molar refractivity (Wildman–Crippen MR) is 257 cm³/mol. The minimum atomic E-state index is -4.94. The number of ether oxygens (including phenoxy) is 2. The third-order valence-corrected chi connectivity index (χ3v) is 14.3. The van der Waals surface area contributed by atoms with E-state index in [1.54, 1.807) is 74.9 Å². The van der Waals surface area contributed by atoms with E-state index < -0.39 is 51.7 Å². The number of aromatic nitrogens is 4. The number of carbonyl (C=O) groups is 1. The van der Waals surface area contributed by atoms with Gasteiger partial charge in [-0.1, -0.05) is 83.9 Å². The van der Waals surface area contributed by atoms with Gasteiger partial charge >= 0.3 is 12.4 Å². The van der Waals surface area contributed by atoms with Crippen LogP contribution in [0.5, 0.6) is 11.5 Å². The zero-order valence-electron chi connectivity index (χ0n) is 36.5. The molecule has 0 amide bonds. The monoisotopic (exact) mass is 1110 g/mol. The number of piperazine rings is 2. The lowest BCUT2D eigenvalue weighted by Crippen LogP contribution is -2.61. The van der Waals surface area contributed by atoms with E-state index in [9.17, 15) is 26.3 Å². The van der Waals surface area contributed by atoms with Gasteiger partial charge in [0.25, 0.3) is 0 Å². The Morgan fingerprint density at radius 1 is 0.588 bits per heavy atom. The van der Waals surface area contributed by atoms with Gasteiger partial charge in [0.05, 0.1) is 69.8 Å². The molecule has 4 aromatic carbocycles. The molecule has 2 aliphatic heterocycles. The Morgan fingerprint density at radius 2 is 0.941 bits per heavy atom. The van der Waals surface area contributed by atoms with Gasteiger partial charge in [-0.15, -0.1) is 0 Å². The molecule has 2 aromatic heterocycles. The van der Waals surface area contributed by atoms with E-state index in [-0.39, 0.29) is 50.7 Å². The van der Waals surface area contributed by atoms with E-state index in [2.05, 4.69) is 51.9 Å². The van der Waals surface area contributed by atoms with Crippen LogP contribution in [0.15, 0.2) is 106 Å². The van der Waals surface area contributed by atoms with Gasteiger partial charge in [-0.2, -0.15) is 36.5 Å². The van der Waals surface area contributed by atoms with Gasteiger partial charge in [0.1, 0.15) is 11.5 Å². The highest BCUT2D eigenvalue weighted by Crippen LogP contribution is 2.42. The topological polar surface area (TPSA) is 84.1 Å². The first kappa shape index (κ1) is 49.6. The quantitative estimate of drug-likeness (QED) is 0.0991. The zero-order chi connectivity index (χ0) is 48.5. The number of Topliss-reactive ketones (excluding diaryl/α,β-unsaturated/α-hetero) is 1. The Hall–Kier alpha value is -4.79. The number of nitrogens with zero attached hydrogens (tertiary/aromatic N) is 8. The second-order valence-corrected chi connectivity index (χ2v) is 18.7. The van der Waals surface area contributed by atoms with Crippen molar-refractivity contribution in [3.8, 4) is 34.0 Å². The van der Waals surface area contributed by atoms with Crippen LogP contribution in [-0.2, 0) is 30.2 Å². The first-order valence-electron chi connectivity index (χ1n) is 21.4. The van der Waals surface area contributed by atoms with Gasteiger partial charge in [0, 0.05) is 87.0 Å². The van der Waals surface area contributed by atoms with Crippen LogP contribution >= 0.6 is 55.1 Å². The van der Waals surface area contributed by atoms with E-state index in [4.69, 9.17) is 32.7 Å². The number of rotatable bonds is 14. The molecule has 2 saturated heterocycles. The van der Waals surface area contributed by atoms with E-state index in [0.717, 1.165) is 29.7 Å². The second-order valence-electron chi connectivity index (χ2n) is 16.2. The standard InChI is InChI=1S/C47H44Br2Cl2F6N8O3/c1-67-37-25-31(13-15-33(37)48)60-17-21-62(22-18-60)35(27-64-41(29-9-5-3-6-10-29)39(50)44(58-64)46(52,53)54)43(66)36(63-23-19-61(20-24-63)32-14-16-34(49)38(26-32)68-2)28-65-42(30-11-7-4-8-12-30)40(51)45(59-65)47(55,56)57/h3-16,25-26,35-36H,17-24,27-28H2,1-2H3. The summed E-state index contributed by atoms with van der Waals surface area (Å²) in [5.41, 5.74) is -0.288. The van der Waals surface area contributed by atoms with Crippen LogP contribution in [0.3, 0.4) is 0 Å². The zero-order valence-corrected chi connectivity index (χ0v) is 41.2. The van der Waals surface area contributed by atoms with Crippen molar-refractivity contribution in [3.63, 3.8) is 0 Å². The molecule has 8 rings (SSSR count). The molecule has 2 aliphatic rings. The Kier molecular flexibility index (Phi) is 15.1. The van der Waals surface area contributed by atoms with Gasteiger partial charge in [0.2, 0.25) is 0 Å². The summed E-state index contributed by atoms with van der Waals surface area (Å²) < 4.78 is 103. The van der Waals surface area contributed by atoms with Crippen molar-refractivity contribution in [2.75, 3.05) is 76.4 Å². The van der Waals surface area contributed by atoms with Crippen molar-refractivity contribution in [2.24, 2.45) is 0 Å². The fraction of sp³-hybridized carbons (Fsp3) is 0.340. The van der Waals surface area contributed by atoms with Crippen LogP contribution in [0, 0.1) is 0 Å². The van der Waals surface area contributed by atoms with Crippen LogP contribution < -0.4 is 19.3 Å². The number of halogens is 10. The van der Waals surface area contributed by atoms with Crippen molar-refractivity contribution in [1.82, 2.24) is 29.4 Å². The molecule has 0 bridgehead atoms. The highest BCUT2D eigenvalue weighted by Gasteiger charge is 2.44. The lowest BCUT2D eigenvalue weighted by atomic mass is 9.99. The molecule has 0 aliphatic carbocycles. The smallest absolute Gasteiger partial charge is 0.436 e. The summed E-state index contributed by atoms with van der Waals surface area (Å²) in [6.07, 6.45) is -9.87. The van der Waals surface area contributed by atoms with Crippen molar-refractivity contribution in [2.45, 2.75) is 37.5 Å². The number of carbonyl (C=O) groups excluding carboxylic acids is 1. The molecule has 2 unspecified atom stereocenters. The summed E-state index contributed by atoms with van der Waals surface area (Å²) in [5.74, 6) is 0.778. The molecule has 4 heterocycles. The number of methoxy groups -OCH3 is 2. The van der Waals surface area contributed by atoms with Crippen LogP contribution in [-0.4, -0.2) is 114 Å². The highest BCUT2D eigenvalue weighted by atomic mass is 79.9. The third-order valence-electron chi connectivity index (χ3n) is 12.3. The van der Waals surface area contributed by atoms with Crippen molar-refractivity contribution >= 4 is 72.2 Å². The highest BCUT2D eigenvalue weighted by molar-refractivity contribution is 9.11. The summed E-state index contributed by atoms with van der Waals surface area (Å²) in [5, 5.41) is 6.82. The Labute approximate surface area is 415 Å². The number of ketones is 1. The fourth-order valence-electron chi connectivity index (χ4n) is 8.84. The average Bonchev–Trinajstić information content (AvgIpc) is 3.86. The number of benzene rings is 4. The summed E-state index contributed by atoms with van der Waals surface area (Å²) >= 11 is 20.1. The summed E-state index contributed by atoms with van der Waals surface area (Å²) in [7, 11) is 3.12. The van der Waals surface area contributed by atoms with Gasteiger partial charge in [-0.25, -0.2) is 0 Å². The molecule has 0 radical (unpaired) electrons. The van der Waals surface area contributed by atoms with Crippen LogP contribution in [0.25, 0.3) is 22.5 Å². The van der Waals surface area contributed by atoms with E-state index in [1.807, 2.05) is 46.2 Å². The third kappa shape index (κ3) is 10.5. The van der Waals surface area contributed by atoms with Crippen LogP contribution in [0.1, 0.15) is 11.4 Å². The summed E-state index contributed by atoms with van der Waals surface area (Å²) in [4.78, 5) is 23.9. The van der Waals surface area contributed by atoms with Gasteiger partial charge < -0.3 is 19.3 Å². The van der Waals surface area contributed by atoms with E-state index in [1.165, 1.54) is 0 Å². The Bertz CT molecular complexity index is 2550. The predicted octanol–water partition coefficient (Wildman–Crippen LogP) is 11.0. The Balaban J connectivity index is 1.22. The van der Waals surface area contributed by atoms with E-state index in [0.29, 0.717) is 48.8 Å². The number of hydrogen-bond acceptors (Lipinski definition) is 9. The molecular formula is C47H44Br2Cl2F6N8O3. The number of anilines is 2. The Morgan fingerprint density at radius 3 is 1.26 bits per heavy atom. The molecule has 2 fully saturated rings. The van der Waals surface area contributed by atoms with Crippen molar-refractivity contribution in [1.29, 1.82) is 0 Å². The van der Waals surface area contributed by atoms with Crippen molar-refractivity contribution < 1.29 is 40.6 Å². The molecular weight excluding hydrogens is 1070 g/mol. The maximum atomic E-state index is 15.9. The average molecular weight is 1110 g/mol. The lowest BCUT2D eigenvalue weighted by Gasteiger charge is -2.44. The molecule has 2 atom stereocenters. The van der Waals surface area contributed by atoms with Crippen LogP contribution in [0.4, 0.5) is 37.7 Å². The molecule has 21 heteroatoms. The molecule has 0 N–H and O–H groups in total. The SMILES string of the molecule is COc1cc(N2CCN(C(Cn3nc(C(F)(F)F)c(Cl)c3-c3ccccc3)C(=O)C(Cn3nc(C(F)(F)F)c(Cl)c3-c3ccccc3)N3CCN(c4ccc(Br)c(OC)c4)CC3)CC2)ccc1Br. The first-order valence-corrected chi connectivity index (χ1v) is 23.8. The van der Waals surface area contributed by atoms with Gasteiger partial charge in [-0.3, -0.25) is 24.0 Å². The van der Waals surface area contributed by atoms with Crippen molar-refractivity contribution in [3.05, 3.63) is 127 Å². The molecule has 68 heavy (non-hydrogen) atoms. The first-order chi connectivity index (χ1) is 32.5.